The van der Waals surface area contributed by atoms with Gasteiger partial charge in [-0.1, -0.05) is 70.7 Å². The van der Waals surface area contributed by atoms with Gasteiger partial charge in [0.2, 0.25) is 11.8 Å². The molecule has 168 valence electrons. The molecule has 0 radical (unpaired) electrons. The molecule has 2 aromatic rings. The zero-order valence-electron chi connectivity index (χ0n) is 17.7. The fourth-order valence-corrected chi connectivity index (χ4v) is 5.04. The van der Waals surface area contributed by atoms with E-state index >= 15 is 0 Å². The Morgan fingerprint density at radius 2 is 1.84 bits per heavy atom. The maximum atomic E-state index is 13.1. The Kier molecular flexibility index (Phi) is 11.2. The first-order valence-corrected chi connectivity index (χ1v) is 12.9. The molecule has 2 rings (SSSR count). The third-order valence-corrected chi connectivity index (χ3v) is 6.92. The molecule has 0 saturated heterocycles. The lowest BCUT2D eigenvalue weighted by molar-refractivity contribution is -0.138. The van der Waals surface area contributed by atoms with E-state index < -0.39 is 6.04 Å². The number of nitrogens with zero attached hydrogens (tertiary/aromatic N) is 1. The molecule has 0 spiro atoms. The molecule has 0 aliphatic carbocycles. The normalized spacial score (nSPS) is 11.8. The molecule has 0 aliphatic heterocycles. The van der Waals surface area contributed by atoms with Gasteiger partial charge < -0.3 is 10.2 Å². The van der Waals surface area contributed by atoms with Gasteiger partial charge in [-0.3, -0.25) is 9.59 Å². The molecule has 0 saturated carbocycles. The summed E-state index contributed by atoms with van der Waals surface area (Å²) in [7, 11) is 0. The van der Waals surface area contributed by atoms with Crippen LogP contribution in [0, 0.1) is 0 Å². The quantitative estimate of drug-likeness (QED) is 0.336. The van der Waals surface area contributed by atoms with Crippen molar-refractivity contribution < 1.29 is 9.59 Å². The summed E-state index contributed by atoms with van der Waals surface area (Å²) in [5.74, 6) is 0.496. The van der Waals surface area contributed by atoms with E-state index in [-0.39, 0.29) is 17.6 Å². The fourth-order valence-electron chi connectivity index (χ4n) is 2.94. The number of rotatable bonds is 11. The number of unbranched alkanes of at least 4 members (excludes halogenated alkanes) is 1. The number of amides is 2. The lowest BCUT2D eigenvalue weighted by Crippen LogP contribution is -2.48. The van der Waals surface area contributed by atoms with E-state index in [9.17, 15) is 9.59 Å². The van der Waals surface area contributed by atoms with E-state index in [0.29, 0.717) is 28.9 Å². The monoisotopic (exact) mass is 544 g/mol. The second-order valence-electron chi connectivity index (χ2n) is 7.17. The summed E-state index contributed by atoms with van der Waals surface area (Å²) < 4.78 is 0.931. The number of thioether (sulfide) groups is 1. The molecule has 4 nitrogen and oxygen atoms in total. The highest BCUT2D eigenvalue weighted by molar-refractivity contribution is 9.10. The molecule has 31 heavy (non-hydrogen) atoms. The molecule has 0 heterocycles. The summed E-state index contributed by atoms with van der Waals surface area (Å²) in [6.45, 7) is 4.81. The van der Waals surface area contributed by atoms with Crippen molar-refractivity contribution in [3.8, 4) is 0 Å². The molecule has 0 unspecified atom stereocenters. The van der Waals surface area contributed by atoms with Crippen LogP contribution >= 0.6 is 50.9 Å². The minimum Gasteiger partial charge on any atom is -0.354 e. The van der Waals surface area contributed by atoms with Crippen molar-refractivity contribution >= 4 is 62.7 Å². The summed E-state index contributed by atoms with van der Waals surface area (Å²) in [5, 5.41) is 4.10. The van der Waals surface area contributed by atoms with E-state index in [4.69, 9.17) is 23.2 Å². The Bertz CT molecular complexity index is 877. The van der Waals surface area contributed by atoms with Crippen molar-refractivity contribution in [2.75, 3.05) is 12.3 Å². The summed E-state index contributed by atoms with van der Waals surface area (Å²) in [6.07, 6.45) is 1.91. The standard InChI is InChI=1S/C23H27BrCl2N2O2S/c1-3-4-11-27-23(30)16(2)28(13-17-7-5-8-18(24)12-17)22(29)15-31-14-19-20(25)9-6-10-21(19)26/h5-10,12,16H,3-4,11,13-15H2,1-2H3,(H,27,30)/t16-/m1/s1. The SMILES string of the molecule is CCCCNC(=O)[C@@H](C)N(Cc1cccc(Br)c1)C(=O)CSCc1c(Cl)cccc1Cl. The van der Waals surface area contributed by atoms with E-state index in [1.165, 1.54) is 11.8 Å². The van der Waals surface area contributed by atoms with Crippen molar-refractivity contribution in [2.45, 2.75) is 45.0 Å². The van der Waals surface area contributed by atoms with Gasteiger partial charge in [-0.25, -0.2) is 0 Å². The van der Waals surface area contributed by atoms with Crippen LogP contribution in [0.2, 0.25) is 10.0 Å². The topological polar surface area (TPSA) is 49.4 Å². The van der Waals surface area contributed by atoms with Gasteiger partial charge in [0.25, 0.3) is 0 Å². The van der Waals surface area contributed by atoms with E-state index in [0.717, 1.165) is 28.4 Å². The minimum absolute atomic E-state index is 0.105. The number of benzene rings is 2. The van der Waals surface area contributed by atoms with E-state index in [1.807, 2.05) is 24.3 Å². The van der Waals surface area contributed by atoms with Crippen LogP contribution in [0.25, 0.3) is 0 Å². The number of halogens is 3. The number of hydrogen-bond acceptors (Lipinski definition) is 3. The van der Waals surface area contributed by atoms with Gasteiger partial charge in [0.15, 0.2) is 0 Å². The molecular formula is C23H27BrCl2N2O2S. The fraction of sp³-hybridized carbons (Fsp3) is 0.391. The van der Waals surface area contributed by atoms with Crippen LogP contribution in [0.4, 0.5) is 0 Å². The van der Waals surface area contributed by atoms with Crippen molar-refractivity contribution in [1.29, 1.82) is 0 Å². The van der Waals surface area contributed by atoms with Crippen LogP contribution in [-0.2, 0) is 21.9 Å². The van der Waals surface area contributed by atoms with Crippen LogP contribution < -0.4 is 5.32 Å². The van der Waals surface area contributed by atoms with Crippen molar-refractivity contribution in [3.05, 3.63) is 68.1 Å². The van der Waals surface area contributed by atoms with Gasteiger partial charge in [0.05, 0.1) is 5.75 Å². The molecule has 0 aliphatic rings. The second-order valence-corrected chi connectivity index (χ2v) is 9.88. The number of hydrogen-bond donors (Lipinski definition) is 1. The molecular weight excluding hydrogens is 519 g/mol. The minimum atomic E-state index is -0.576. The lowest BCUT2D eigenvalue weighted by Gasteiger charge is -2.29. The van der Waals surface area contributed by atoms with Crippen molar-refractivity contribution in [2.24, 2.45) is 0 Å². The van der Waals surface area contributed by atoms with Gasteiger partial charge in [0, 0.05) is 33.4 Å². The number of nitrogens with one attached hydrogen (secondary N) is 1. The van der Waals surface area contributed by atoms with Gasteiger partial charge in [-0.2, -0.15) is 0 Å². The Morgan fingerprint density at radius 3 is 2.48 bits per heavy atom. The summed E-state index contributed by atoms with van der Waals surface area (Å²) in [5.41, 5.74) is 1.77. The van der Waals surface area contributed by atoms with E-state index in [2.05, 4.69) is 28.2 Å². The molecule has 1 atom stereocenters. The number of carbonyl (C=O) groups excluding carboxylic acids is 2. The Hall–Kier alpha value is -1.21. The van der Waals surface area contributed by atoms with Gasteiger partial charge in [0.1, 0.15) is 6.04 Å². The van der Waals surface area contributed by atoms with Crippen LogP contribution in [0.15, 0.2) is 46.9 Å². The van der Waals surface area contributed by atoms with Crippen LogP contribution in [0.3, 0.4) is 0 Å². The highest BCUT2D eigenvalue weighted by Gasteiger charge is 2.26. The lowest BCUT2D eigenvalue weighted by atomic mass is 10.1. The van der Waals surface area contributed by atoms with E-state index in [1.54, 1.807) is 30.0 Å². The molecule has 2 amide bonds. The molecule has 8 heteroatoms. The average Bonchev–Trinajstić information content (AvgIpc) is 2.73. The molecule has 0 aromatic heterocycles. The Labute approximate surface area is 207 Å². The number of carbonyl (C=O) groups is 2. The van der Waals surface area contributed by atoms with Gasteiger partial charge in [-0.15, -0.1) is 11.8 Å². The zero-order chi connectivity index (χ0) is 22.8. The Morgan fingerprint density at radius 1 is 1.16 bits per heavy atom. The Balaban J connectivity index is 2.08. The molecule has 2 aromatic carbocycles. The van der Waals surface area contributed by atoms with Crippen molar-refractivity contribution in [1.82, 2.24) is 10.2 Å². The highest BCUT2D eigenvalue weighted by atomic mass is 79.9. The van der Waals surface area contributed by atoms with Gasteiger partial charge >= 0.3 is 0 Å². The van der Waals surface area contributed by atoms with Gasteiger partial charge in [-0.05, 0) is 48.7 Å². The molecule has 0 fully saturated rings. The first kappa shape index (κ1) is 26.0. The van der Waals surface area contributed by atoms with Crippen LogP contribution in [-0.4, -0.2) is 35.1 Å². The third kappa shape index (κ3) is 8.33. The average molecular weight is 546 g/mol. The predicted octanol–water partition coefficient (Wildman–Crippen LogP) is 6.32. The maximum absolute atomic E-state index is 13.1. The first-order chi connectivity index (χ1) is 14.8. The van der Waals surface area contributed by atoms with Crippen molar-refractivity contribution in [3.63, 3.8) is 0 Å². The second kappa shape index (κ2) is 13.4. The molecule has 0 bridgehead atoms. The third-order valence-electron chi connectivity index (χ3n) is 4.77. The highest BCUT2D eigenvalue weighted by Crippen LogP contribution is 2.28. The zero-order valence-corrected chi connectivity index (χ0v) is 21.6. The molecule has 1 N–H and O–H groups in total. The summed E-state index contributed by atoms with van der Waals surface area (Å²) >= 11 is 17.4. The predicted molar refractivity (Wildman–Crippen MR) is 135 cm³/mol. The summed E-state index contributed by atoms with van der Waals surface area (Å²) in [4.78, 5) is 27.4. The first-order valence-electron chi connectivity index (χ1n) is 10.2. The smallest absolute Gasteiger partial charge is 0.242 e. The van der Waals surface area contributed by atoms with Crippen LogP contribution in [0.5, 0.6) is 0 Å². The summed E-state index contributed by atoms with van der Waals surface area (Å²) in [6, 6.07) is 12.5. The van der Waals surface area contributed by atoms with Crippen LogP contribution in [0.1, 0.15) is 37.8 Å². The maximum Gasteiger partial charge on any atom is 0.242 e. The largest absolute Gasteiger partial charge is 0.354 e.